The van der Waals surface area contributed by atoms with Crippen LogP contribution < -0.4 is 0 Å². The number of hydrogen-bond donors (Lipinski definition) is 1. The van der Waals surface area contributed by atoms with E-state index in [1.807, 2.05) is 0 Å². The number of phosphoric ester groups is 2. The average molecular weight is 268 g/mol. The highest BCUT2D eigenvalue weighted by molar-refractivity contribution is 7.50. The second kappa shape index (κ2) is 2.26. The summed E-state index contributed by atoms with van der Waals surface area (Å²) in [6, 6.07) is 0. The van der Waals surface area contributed by atoms with Gasteiger partial charge in [-0.2, -0.15) is 4.57 Å². The van der Waals surface area contributed by atoms with Crippen LogP contribution in [0.1, 0.15) is 0 Å². The molecular formula is C5H2O9P2. The third kappa shape index (κ3) is 0.899. The number of fused-ring (bicyclic) bond motifs is 1. The van der Waals surface area contributed by atoms with E-state index in [4.69, 9.17) is 22.6 Å². The van der Waals surface area contributed by atoms with Crippen LogP contribution in [0.15, 0.2) is 23.2 Å². The molecule has 4 bridgehead atoms. The molecule has 1 atom stereocenters. The van der Waals surface area contributed by atoms with E-state index in [9.17, 15) is 14.2 Å². The van der Waals surface area contributed by atoms with Crippen LogP contribution in [0.4, 0.5) is 0 Å². The SMILES string of the molecule is O=P12OC(O)=C3C(=C(O1)OP1(=O)OC3O1)O2. The van der Waals surface area contributed by atoms with E-state index in [0.29, 0.717) is 0 Å². The van der Waals surface area contributed by atoms with Crippen LogP contribution in [0.5, 0.6) is 0 Å². The largest absolute Gasteiger partial charge is 0.652 e. The molecule has 1 saturated heterocycles. The maximum absolute atomic E-state index is 11.6. The Balaban J connectivity index is 1.97. The molecule has 0 aromatic carbocycles. The first-order valence-corrected chi connectivity index (χ1v) is 6.93. The van der Waals surface area contributed by atoms with Crippen molar-refractivity contribution in [1.29, 1.82) is 0 Å². The Morgan fingerprint density at radius 2 is 1.69 bits per heavy atom. The summed E-state index contributed by atoms with van der Waals surface area (Å²) in [7, 11) is -7.67. The van der Waals surface area contributed by atoms with E-state index in [2.05, 4.69) is 4.52 Å². The van der Waals surface area contributed by atoms with Crippen LogP contribution in [0.25, 0.3) is 0 Å². The van der Waals surface area contributed by atoms with Gasteiger partial charge in [0.25, 0.3) is 5.95 Å². The molecule has 1 unspecified atom stereocenters. The van der Waals surface area contributed by atoms with E-state index < -0.39 is 33.8 Å². The molecule has 0 amide bonds. The van der Waals surface area contributed by atoms with Crippen LogP contribution in [-0.2, 0) is 36.3 Å². The molecule has 5 rings (SSSR count). The van der Waals surface area contributed by atoms with E-state index >= 15 is 0 Å². The number of phosphoric acid groups is 2. The lowest BCUT2D eigenvalue weighted by Gasteiger charge is -2.32. The van der Waals surface area contributed by atoms with Gasteiger partial charge < -0.3 is 23.2 Å². The average Bonchev–Trinajstić information content (AvgIpc) is 2.22. The number of rotatable bonds is 0. The van der Waals surface area contributed by atoms with Gasteiger partial charge in [0.2, 0.25) is 12.0 Å². The van der Waals surface area contributed by atoms with Crippen LogP contribution in [0.3, 0.4) is 0 Å². The van der Waals surface area contributed by atoms with Crippen molar-refractivity contribution in [2.24, 2.45) is 0 Å². The zero-order valence-electron chi connectivity index (χ0n) is 7.18. The molecule has 9 nitrogen and oxygen atoms in total. The third-order valence-electron chi connectivity index (χ3n) is 2.14. The fourth-order valence-electron chi connectivity index (χ4n) is 1.52. The lowest BCUT2D eigenvalue weighted by atomic mass is 10.2. The highest BCUT2D eigenvalue weighted by Crippen LogP contribution is 2.74. The van der Waals surface area contributed by atoms with Gasteiger partial charge in [0, 0.05) is 0 Å². The van der Waals surface area contributed by atoms with E-state index in [-0.39, 0.29) is 11.3 Å². The molecule has 1 N–H and O–H groups in total. The van der Waals surface area contributed by atoms with Crippen molar-refractivity contribution < 1.29 is 41.4 Å². The first-order valence-electron chi connectivity index (χ1n) is 4.01. The predicted octanol–water partition coefficient (Wildman–Crippen LogP) is 1.62. The minimum atomic E-state index is -3.94. The number of aliphatic hydroxyl groups excluding tert-OH is 1. The van der Waals surface area contributed by atoms with Crippen LogP contribution >= 0.6 is 15.6 Å². The molecule has 16 heavy (non-hydrogen) atoms. The van der Waals surface area contributed by atoms with Crippen LogP contribution in [0.2, 0.25) is 0 Å². The van der Waals surface area contributed by atoms with Crippen molar-refractivity contribution in [3.8, 4) is 0 Å². The quantitative estimate of drug-likeness (QED) is 0.655. The summed E-state index contributed by atoms with van der Waals surface area (Å²) < 4.78 is 51.4. The molecule has 11 heteroatoms. The Bertz CT molecular complexity index is 562. The molecular weight excluding hydrogens is 266 g/mol. The highest BCUT2D eigenvalue weighted by atomic mass is 31.2. The lowest BCUT2D eigenvalue weighted by molar-refractivity contribution is -0.102. The molecule has 0 aromatic rings. The zero-order valence-corrected chi connectivity index (χ0v) is 8.97. The van der Waals surface area contributed by atoms with Gasteiger partial charge in [-0.1, -0.05) is 0 Å². The fraction of sp³-hybridized carbons (Fsp3) is 0.200. The lowest BCUT2D eigenvalue weighted by Crippen LogP contribution is -2.29. The predicted molar refractivity (Wildman–Crippen MR) is 42.2 cm³/mol. The molecule has 1 fully saturated rings. The fourth-order valence-corrected chi connectivity index (χ4v) is 3.82. The van der Waals surface area contributed by atoms with Crippen molar-refractivity contribution >= 4 is 15.6 Å². The van der Waals surface area contributed by atoms with Crippen molar-refractivity contribution in [2.75, 3.05) is 0 Å². The van der Waals surface area contributed by atoms with Crippen LogP contribution in [-0.4, -0.2) is 11.4 Å². The van der Waals surface area contributed by atoms with Gasteiger partial charge in [-0.05, 0) is 0 Å². The second-order valence-corrected chi connectivity index (χ2v) is 6.08. The van der Waals surface area contributed by atoms with Crippen molar-refractivity contribution in [3.63, 3.8) is 0 Å². The summed E-state index contributed by atoms with van der Waals surface area (Å²) in [5.74, 6) is -1.32. The monoisotopic (exact) mass is 268 g/mol. The molecule has 5 aliphatic heterocycles. The Hall–Kier alpha value is -1.14. The molecule has 5 heterocycles. The van der Waals surface area contributed by atoms with Gasteiger partial charge in [-0.25, -0.2) is 13.6 Å². The van der Waals surface area contributed by atoms with Gasteiger partial charge in [-0.3, -0.25) is 0 Å². The maximum atomic E-state index is 11.6. The van der Waals surface area contributed by atoms with Crippen molar-refractivity contribution in [1.82, 2.24) is 0 Å². The van der Waals surface area contributed by atoms with Crippen molar-refractivity contribution in [3.05, 3.63) is 23.2 Å². The Kier molecular flexibility index (Phi) is 1.26. The van der Waals surface area contributed by atoms with Gasteiger partial charge in [0.05, 0.1) is 0 Å². The molecule has 0 aliphatic carbocycles. The number of aliphatic hydroxyl groups is 1. The van der Waals surface area contributed by atoms with Crippen molar-refractivity contribution in [2.45, 2.75) is 6.29 Å². The summed E-state index contributed by atoms with van der Waals surface area (Å²) in [5.41, 5.74) is -0.0945. The van der Waals surface area contributed by atoms with Gasteiger partial charge >= 0.3 is 21.6 Å². The van der Waals surface area contributed by atoms with Gasteiger partial charge in [0.15, 0.2) is 0 Å². The van der Waals surface area contributed by atoms with Gasteiger partial charge in [0.1, 0.15) is 5.57 Å². The van der Waals surface area contributed by atoms with E-state index in [1.165, 1.54) is 0 Å². The standard InChI is InChI=1S/C5H2O9P2/c6-3-1-2-5(13-15(7,9-2)10-3)14-16(8)11-4(1)12-16/h4,6H. The topological polar surface area (TPSA) is 110 Å². The molecule has 5 aliphatic rings. The first-order chi connectivity index (χ1) is 7.48. The molecule has 86 valence electrons. The summed E-state index contributed by atoms with van der Waals surface area (Å²) in [4.78, 5) is 0. The highest BCUT2D eigenvalue weighted by Gasteiger charge is 2.63. The molecule has 0 aromatic heterocycles. The minimum absolute atomic E-state index is 0.0945. The smallest absolute Gasteiger partial charge is 0.480 e. The van der Waals surface area contributed by atoms with Gasteiger partial charge in [-0.15, -0.1) is 0 Å². The summed E-state index contributed by atoms with van der Waals surface area (Å²) >= 11 is 0. The van der Waals surface area contributed by atoms with E-state index in [1.54, 1.807) is 0 Å². The summed E-state index contributed by atoms with van der Waals surface area (Å²) in [6.07, 6.45) is -1.14. The molecule has 0 saturated carbocycles. The van der Waals surface area contributed by atoms with Crippen LogP contribution in [0, 0.1) is 0 Å². The van der Waals surface area contributed by atoms with E-state index in [0.717, 1.165) is 0 Å². The number of hydrogen-bond acceptors (Lipinski definition) is 9. The Morgan fingerprint density at radius 1 is 1.00 bits per heavy atom. The third-order valence-corrected chi connectivity index (χ3v) is 4.62. The second-order valence-electron chi connectivity index (χ2n) is 3.14. The molecule has 0 spiro atoms. The summed E-state index contributed by atoms with van der Waals surface area (Å²) in [6.45, 7) is 0. The molecule has 0 radical (unpaired) electrons. The summed E-state index contributed by atoms with van der Waals surface area (Å²) in [5, 5.41) is 9.46. The minimum Gasteiger partial charge on any atom is -0.480 e. The normalized spacial score (nSPS) is 47.1. The zero-order chi connectivity index (χ0) is 11.1. The maximum Gasteiger partial charge on any atom is 0.652 e. The Morgan fingerprint density at radius 3 is 2.44 bits per heavy atom. The first kappa shape index (κ1) is 8.95. The Labute approximate surface area is 87.4 Å².